The lowest BCUT2D eigenvalue weighted by atomic mass is 9.98. The molecule has 5 rings (SSSR count). The molecule has 4 nitrogen and oxygen atoms in total. The van der Waals surface area contributed by atoms with Crippen molar-refractivity contribution in [3.63, 3.8) is 0 Å². The van der Waals surface area contributed by atoms with Crippen LogP contribution in [0.1, 0.15) is 14.0 Å². The number of aromatic nitrogens is 3. The predicted molar refractivity (Wildman–Crippen MR) is 104 cm³/mol. The van der Waals surface area contributed by atoms with Gasteiger partial charge in [-0.15, -0.1) is 11.3 Å². The van der Waals surface area contributed by atoms with Gasteiger partial charge in [0.15, 0.2) is 0 Å². The van der Waals surface area contributed by atoms with E-state index in [2.05, 4.69) is 63.7 Å². The average Bonchev–Trinajstić information content (AvgIpc) is 3.25. The lowest BCUT2D eigenvalue weighted by molar-refractivity contribution is -0.00000507. The summed E-state index contributed by atoms with van der Waals surface area (Å²) in [7, 11) is 0. The lowest BCUT2D eigenvalue weighted by Crippen LogP contribution is -3.00. The van der Waals surface area contributed by atoms with Crippen molar-refractivity contribution in [2.45, 2.75) is 26.1 Å². The number of hydrogen-bond donors (Lipinski definition) is 1. The Bertz CT molecular complexity index is 1060. The summed E-state index contributed by atoms with van der Waals surface area (Å²) >= 11 is 1.78. The van der Waals surface area contributed by atoms with Crippen LogP contribution in [0.25, 0.3) is 32.5 Å². The topological polar surface area (TPSA) is 42.7 Å². The molecule has 0 fully saturated rings. The second kappa shape index (κ2) is 6.83. The van der Waals surface area contributed by atoms with Crippen LogP contribution in [0.5, 0.6) is 0 Å². The SMILES string of the molecule is CC1Cn2nc(-c3ccc4ccsc4c3)c(-c3ccncc3)c2CN1.[Cl-].[H+]. The van der Waals surface area contributed by atoms with Crippen molar-refractivity contribution in [3.05, 3.63) is 59.9 Å². The first kappa shape index (κ1) is 17.2. The first-order valence-electron chi connectivity index (χ1n) is 8.51. The van der Waals surface area contributed by atoms with E-state index in [-0.39, 0.29) is 13.8 Å². The lowest BCUT2D eigenvalue weighted by Gasteiger charge is -2.22. The van der Waals surface area contributed by atoms with Crippen LogP contribution in [0.2, 0.25) is 0 Å². The zero-order chi connectivity index (χ0) is 16.8. The molecule has 1 aliphatic heterocycles. The Morgan fingerprint density at radius 1 is 1.15 bits per heavy atom. The van der Waals surface area contributed by atoms with Crippen molar-refractivity contribution in [3.8, 4) is 22.4 Å². The van der Waals surface area contributed by atoms with Gasteiger partial charge in [-0.2, -0.15) is 5.10 Å². The fourth-order valence-corrected chi connectivity index (χ4v) is 4.38. The summed E-state index contributed by atoms with van der Waals surface area (Å²) in [5.41, 5.74) is 5.89. The van der Waals surface area contributed by atoms with E-state index in [4.69, 9.17) is 5.10 Å². The number of fused-ring (bicyclic) bond motifs is 2. The predicted octanol–water partition coefficient (Wildman–Crippen LogP) is 1.44. The van der Waals surface area contributed by atoms with E-state index in [0.29, 0.717) is 6.04 Å². The van der Waals surface area contributed by atoms with Crippen LogP contribution in [0.4, 0.5) is 0 Å². The molecule has 26 heavy (non-hydrogen) atoms. The van der Waals surface area contributed by atoms with E-state index in [1.165, 1.54) is 32.5 Å². The van der Waals surface area contributed by atoms with Crippen LogP contribution < -0.4 is 17.7 Å². The van der Waals surface area contributed by atoms with E-state index in [0.717, 1.165) is 18.8 Å². The monoisotopic (exact) mass is 382 g/mol. The number of thiophene rings is 1. The summed E-state index contributed by atoms with van der Waals surface area (Å²) in [4.78, 5) is 4.17. The van der Waals surface area contributed by atoms with Gasteiger partial charge in [0.2, 0.25) is 0 Å². The summed E-state index contributed by atoms with van der Waals surface area (Å²) in [5.74, 6) is 0. The maximum absolute atomic E-state index is 5.00. The normalized spacial score (nSPS) is 16.3. The highest BCUT2D eigenvalue weighted by molar-refractivity contribution is 7.17. The van der Waals surface area contributed by atoms with Gasteiger partial charge in [0.25, 0.3) is 0 Å². The Morgan fingerprint density at radius 3 is 2.85 bits per heavy atom. The molecule has 0 saturated carbocycles. The number of pyridine rings is 1. The number of halogens is 1. The molecule has 0 radical (unpaired) electrons. The van der Waals surface area contributed by atoms with Crippen LogP contribution in [0, 0.1) is 0 Å². The summed E-state index contributed by atoms with van der Waals surface area (Å²) in [5, 5.41) is 12.0. The minimum Gasteiger partial charge on any atom is -1.00 e. The third-order valence-corrected chi connectivity index (χ3v) is 5.70. The van der Waals surface area contributed by atoms with Crippen LogP contribution in [-0.2, 0) is 13.1 Å². The third-order valence-electron chi connectivity index (χ3n) is 4.82. The maximum Gasteiger partial charge on any atom is 1.00 e. The summed E-state index contributed by atoms with van der Waals surface area (Å²) in [6, 6.07) is 13.4. The number of benzene rings is 1. The van der Waals surface area contributed by atoms with Gasteiger partial charge in [0.05, 0.1) is 12.2 Å². The third kappa shape index (κ3) is 2.82. The zero-order valence-electron chi connectivity index (χ0n) is 15.3. The highest BCUT2D eigenvalue weighted by Crippen LogP contribution is 2.37. The quantitative estimate of drug-likeness (QED) is 0.570. The molecule has 3 aromatic heterocycles. The van der Waals surface area contributed by atoms with E-state index in [9.17, 15) is 0 Å². The Balaban J connectivity index is 0.00000105. The van der Waals surface area contributed by atoms with E-state index in [1.54, 1.807) is 11.3 Å². The van der Waals surface area contributed by atoms with Crippen LogP contribution in [0.15, 0.2) is 54.2 Å². The molecule has 1 aromatic carbocycles. The molecular weight excluding hydrogens is 364 g/mol. The standard InChI is InChI=1S/C20H18N4S.ClH/c1-13-12-24-17(11-22-13)19(15-4-7-21-8-5-15)20(23-24)16-3-2-14-6-9-25-18(14)10-16;/h2-10,13,22H,11-12H2,1H3;1H. The molecule has 1 unspecified atom stereocenters. The van der Waals surface area contributed by atoms with Gasteiger partial charge in [0, 0.05) is 40.8 Å². The summed E-state index contributed by atoms with van der Waals surface area (Å²) in [6.45, 7) is 3.94. The second-order valence-corrected chi connectivity index (χ2v) is 7.49. The van der Waals surface area contributed by atoms with Crippen molar-refractivity contribution in [2.24, 2.45) is 0 Å². The van der Waals surface area contributed by atoms with E-state index >= 15 is 0 Å². The molecule has 6 heteroatoms. The minimum absolute atomic E-state index is 0. The fourth-order valence-electron chi connectivity index (χ4n) is 3.55. The smallest absolute Gasteiger partial charge is 1.00 e. The molecule has 4 heterocycles. The van der Waals surface area contributed by atoms with Crippen molar-refractivity contribution in [1.82, 2.24) is 20.1 Å². The molecule has 0 spiro atoms. The van der Waals surface area contributed by atoms with Crippen molar-refractivity contribution < 1.29 is 13.8 Å². The fraction of sp³-hybridized carbons (Fsp3) is 0.200. The molecule has 132 valence electrons. The molecule has 0 saturated heterocycles. The molecule has 0 bridgehead atoms. The zero-order valence-corrected chi connectivity index (χ0v) is 15.9. The largest absolute Gasteiger partial charge is 1.00 e. The molecule has 1 N–H and O–H groups in total. The Labute approximate surface area is 163 Å². The van der Waals surface area contributed by atoms with Crippen LogP contribution >= 0.6 is 11.3 Å². The summed E-state index contributed by atoms with van der Waals surface area (Å²) < 4.78 is 3.47. The Morgan fingerprint density at radius 2 is 2.00 bits per heavy atom. The molecule has 1 aliphatic rings. The van der Waals surface area contributed by atoms with Gasteiger partial charge >= 0.3 is 1.43 Å². The Hall–Kier alpha value is -2.21. The molecule has 1 atom stereocenters. The van der Waals surface area contributed by atoms with E-state index in [1.807, 2.05) is 12.4 Å². The van der Waals surface area contributed by atoms with Crippen LogP contribution in [-0.4, -0.2) is 20.8 Å². The molecule has 0 aliphatic carbocycles. The van der Waals surface area contributed by atoms with Gasteiger partial charge in [-0.25, -0.2) is 0 Å². The highest BCUT2D eigenvalue weighted by atomic mass is 35.5. The Kier molecular flexibility index (Phi) is 4.53. The number of nitrogens with one attached hydrogen (secondary N) is 1. The maximum atomic E-state index is 5.00. The first-order chi connectivity index (χ1) is 12.3. The first-order valence-corrected chi connectivity index (χ1v) is 9.38. The van der Waals surface area contributed by atoms with Crippen molar-refractivity contribution >= 4 is 21.4 Å². The molecule has 0 amide bonds. The van der Waals surface area contributed by atoms with Crippen molar-refractivity contribution in [1.29, 1.82) is 0 Å². The average molecular weight is 383 g/mol. The number of hydrogen-bond acceptors (Lipinski definition) is 4. The molecular formula is C20H19ClN4S. The minimum atomic E-state index is 0. The summed E-state index contributed by atoms with van der Waals surface area (Å²) in [6.07, 6.45) is 3.70. The van der Waals surface area contributed by atoms with Crippen LogP contribution in [0.3, 0.4) is 0 Å². The highest BCUT2D eigenvalue weighted by Gasteiger charge is 2.24. The second-order valence-electron chi connectivity index (χ2n) is 6.54. The number of rotatable bonds is 2. The van der Waals surface area contributed by atoms with Gasteiger partial charge in [0.1, 0.15) is 5.69 Å². The van der Waals surface area contributed by atoms with Gasteiger partial charge in [-0.05, 0) is 47.5 Å². The molecule has 4 aromatic rings. The van der Waals surface area contributed by atoms with E-state index < -0.39 is 0 Å². The van der Waals surface area contributed by atoms with Gasteiger partial charge in [-0.3, -0.25) is 9.67 Å². The number of nitrogens with zero attached hydrogens (tertiary/aromatic N) is 3. The van der Waals surface area contributed by atoms with Crippen molar-refractivity contribution in [2.75, 3.05) is 0 Å². The van der Waals surface area contributed by atoms with Gasteiger partial charge in [-0.1, -0.05) is 12.1 Å². The van der Waals surface area contributed by atoms with Gasteiger partial charge < -0.3 is 17.7 Å².